The lowest BCUT2D eigenvalue weighted by molar-refractivity contribution is 0.686. The van der Waals surface area contributed by atoms with Gasteiger partial charge >= 0.3 is 0 Å². The van der Waals surface area contributed by atoms with Gasteiger partial charge in [0.25, 0.3) is 0 Å². The van der Waals surface area contributed by atoms with Crippen molar-refractivity contribution in [1.82, 2.24) is 5.32 Å². The zero-order chi connectivity index (χ0) is 21.8. The Labute approximate surface area is 196 Å². The number of nitrogens with one attached hydrogen (secondary N) is 2. The van der Waals surface area contributed by atoms with Crippen molar-refractivity contribution in [3.05, 3.63) is 100 Å². The van der Waals surface area contributed by atoms with Crippen molar-refractivity contribution in [1.29, 1.82) is 0 Å². The van der Waals surface area contributed by atoms with Gasteiger partial charge in [0, 0.05) is 16.3 Å². The Bertz CT molecular complexity index is 1230. The van der Waals surface area contributed by atoms with E-state index in [0.29, 0.717) is 5.84 Å². The second-order valence-electron chi connectivity index (χ2n) is 7.62. The smallest absolute Gasteiger partial charge is 0.141 e. The van der Waals surface area contributed by atoms with Crippen molar-refractivity contribution in [3.8, 4) is 0 Å². The first kappa shape index (κ1) is 20.8. The molecule has 0 aliphatic carbocycles. The number of fused-ring (bicyclic) bond motifs is 2. The first-order valence-corrected chi connectivity index (χ1v) is 12.3. The molecule has 160 valence electrons. The number of hydrogen-bond donors (Lipinski definition) is 3. The standard InChI is InChI=1S/C26H24N4S2/c27-26(24-6-3-15-31-24)29-20-10-7-18(8-11-20)13-14-28-17-19-9-12-22-25(16-19)32-23-5-2-1-4-21(23)30-22/h1-12,15-16,28,30H,13-14,17H2,(H2,27,29). The van der Waals surface area contributed by atoms with Crippen molar-refractivity contribution >= 4 is 46.0 Å². The third-order valence-corrected chi connectivity index (χ3v) is 7.33. The summed E-state index contributed by atoms with van der Waals surface area (Å²) in [5, 5.41) is 9.10. The summed E-state index contributed by atoms with van der Waals surface area (Å²) in [5.74, 6) is 0.566. The summed E-state index contributed by atoms with van der Waals surface area (Å²) < 4.78 is 0. The molecule has 0 amide bonds. The molecule has 0 saturated heterocycles. The Morgan fingerprint density at radius 1 is 0.875 bits per heavy atom. The number of nitrogens with two attached hydrogens (primary N) is 1. The molecule has 32 heavy (non-hydrogen) atoms. The quantitative estimate of drug-likeness (QED) is 0.152. The van der Waals surface area contributed by atoms with Gasteiger partial charge in [-0.05, 0) is 71.9 Å². The Balaban J connectivity index is 1.12. The summed E-state index contributed by atoms with van der Waals surface area (Å²) in [7, 11) is 0. The van der Waals surface area contributed by atoms with Crippen LogP contribution in [-0.4, -0.2) is 12.4 Å². The highest BCUT2D eigenvalue weighted by Crippen LogP contribution is 2.44. The molecule has 4 N–H and O–H groups in total. The van der Waals surface area contributed by atoms with Crippen molar-refractivity contribution < 1.29 is 0 Å². The number of benzene rings is 3. The number of amidine groups is 1. The van der Waals surface area contributed by atoms with E-state index in [1.165, 1.54) is 32.3 Å². The van der Waals surface area contributed by atoms with Gasteiger partial charge in [0.05, 0.1) is 21.9 Å². The number of thiophene rings is 1. The lowest BCUT2D eigenvalue weighted by atomic mass is 10.1. The summed E-state index contributed by atoms with van der Waals surface area (Å²) in [4.78, 5) is 8.06. The lowest BCUT2D eigenvalue weighted by Crippen LogP contribution is -2.16. The van der Waals surface area contributed by atoms with E-state index in [4.69, 9.17) is 5.73 Å². The largest absolute Gasteiger partial charge is 0.383 e. The van der Waals surface area contributed by atoms with Gasteiger partial charge in [-0.2, -0.15) is 0 Å². The van der Waals surface area contributed by atoms with Crippen molar-refractivity contribution in [3.63, 3.8) is 0 Å². The summed E-state index contributed by atoms with van der Waals surface area (Å²) >= 11 is 3.43. The number of hydrogen-bond acceptors (Lipinski definition) is 5. The molecule has 4 nitrogen and oxygen atoms in total. The molecule has 0 bridgehead atoms. The van der Waals surface area contributed by atoms with Crippen LogP contribution in [0, 0.1) is 0 Å². The van der Waals surface area contributed by atoms with Crippen LogP contribution in [-0.2, 0) is 13.0 Å². The first-order valence-electron chi connectivity index (χ1n) is 10.6. The molecule has 0 atom stereocenters. The predicted molar refractivity (Wildman–Crippen MR) is 137 cm³/mol. The van der Waals surface area contributed by atoms with Gasteiger partial charge in [-0.15, -0.1) is 11.3 Å². The molecule has 0 saturated carbocycles. The Morgan fingerprint density at radius 2 is 1.69 bits per heavy atom. The molecule has 3 aromatic carbocycles. The molecule has 0 unspecified atom stereocenters. The molecule has 4 aromatic rings. The van der Waals surface area contributed by atoms with Crippen molar-refractivity contribution in [2.75, 3.05) is 11.9 Å². The number of para-hydroxylation sites is 1. The Morgan fingerprint density at radius 3 is 2.53 bits per heavy atom. The van der Waals surface area contributed by atoms with Gasteiger partial charge in [-0.25, -0.2) is 4.99 Å². The van der Waals surface area contributed by atoms with Crippen LogP contribution in [0.25, 0.3) is 0 Å². The van der Waals surface area contributed by atoms with Crippen LogP contribution in [0.2, 0.25) is 0 Å². The minimum Gasteiger partial charge on any atom is -0.383 e. The van der Waals surface area contributed by atoms with Crippen molar-refractivity contribution in [2.24, 2.45) is 10.7 Å². The Hall–Kier alpha value is -3.06. The molecular formula is C26H24N4S2. The summed E-state index contributed by atoms with van der Waals surface area (Å²) in [5.41, 5.74) is 11.9. The second-order valence-corrected chi connectivity index (χ2v) is 9.65. The second kappa shape index (κ2) is 9.61. The summed E-state index contributed by atoms with van der Waals surface area (Å²) in [6, 6.07) is 27.4. The predicted octanol–water partition coefficient (Wildman–Crippen LogP) is 6.33. The Kier molecular flexibility index (Phi) is 6.25. The molecule has 0 fully saturated rings. The van der Waals surface area contributed by atoms with E-state index in [9.17, 15) is 0 Å². The van der Waals surface area contributed by atoms with E-state index < -0.39 is 0 Å². The average molecular weight is 457 g/mol. The number of anilines is 2. The molecule has 0 radical (unpaired) electrons. The fourth-order valence-corrected chi connectivity index (χ4v) is 5.29. The first-order chi connectivity index (χ1) is 15.7. The highest BCUT2D eigenvalue weighted by Gasteiger charge is 2.15. The van der Waals surface area contributed by atoms with Crippen LogP contribution in [0.5, 0.6) is 0 Å². The van der Waals surface area contributed by atoms with Crippen molar-refractivity contribution in [2.45, 2.75) is 22.8 Å². The van der Waals surface area contributed by atoms with Crippen LogP contribution >= 0.6 is 23.1 Å². The minimum atomic E-state index is 0.566. The van der Waals surface area contributed by atoms with Crippen LogP contribution in [0.4, 0.5) is 17.1 Å². The third-order valence-electron chi connectivity index (χ3n) is 5.30. The van der Waals surface area contributed by atoms with Crippen LogP contribution in [0.15, 0.2) is 99.0 Å². The van der Waals surface area contributed by atoms with Gasteiger partial charge in [-0.1, -0.05) is 48.2 Å². The lowest BCUT2D eigenvalue weighted by Gasteiger charge is -2.21. The van der Waals surface area contributed by atoms with E-state index in [2.05, 4.69) is 70.2 Å². The molecule has 1 aromatic heterocycles. The van der Waals surface area contributed by atoms with Gasteiger partial charge < -0.3 is 16.4 Å². The monoisotopic (exact) mass is 456 g/mol. The summed E-state index contributed by atoms with van der Waals surface area (Å²) in [6.07, 6.45) is 0.971. The van der Waals surface area contributed by atoms with Gasteiger partial charge in [0.15, 0.2) is 0 Å². The number of aliphatic imine (C=N–C) groups is 1. The van der Waals surface area contributed by atoms with Gasteiger partial charge in [0.2, 0.25) is 0 Å². The van der Waals surface area contributed by atoms with Gasteiger partial charge in [0.1, 0.15) is 5.84 Å². The molecule has 1 aliphatic rings. The zero-order valence-electron chi connectivity index (χ0n) is 17.5. The number of rotatable bonds is 7. The highest BCUT2D eigenvalue weighted by atomic mass is 32.2. The van der Waals surface area contributed by atoms with E-state index in [0.717, 1.165) is 30.1 Å². The van der Waals surface area contributed by atoms with Crippen LogP contribution in [0.3, 0.4) is 0 Å². The van der Waals surface area contributed by atoms with E-state index in [1.54, 1.807) is 11.3 Å². The molecule has 2 heterocycles. The molecule has 6 heteroatoms. The van der Waals surface area contributed by atoms with Crippen LogP contribution in [0.1, 0.15) is 16.0 Å². The molecular weight excluding hydrogens is 432 g/mol. The third kappa shape index (κ3) is 4.88. The summed E-state index contributed by atoms with van der Waals surface area (Å²) in [6.45, 7) is 1.78. The maximum absolute atomic E-state index is 6.07. The van der Waals surface area contributed by atoms with E-state index in [1.807, 2.05) is 41.4 Å². The van der Waals surface area contributed by atoms with E-state index >= 15 is 0 Å². The maximum Gasteiger partial charge on any atom is 0.141 e. The fraction of sp³-hybridized carbons (Fsp3) is 0.115. The molecule has 0 spiro atoms. The maximum atomic E-state index is 6.07. The normalized spacial score (nSPS) is 12.7. The van der Waals surface area contributed by atoms with Crippen LogP contribution < -0.4 is 16.4 Å². The zero-order valence-corrected chi connectivity index (χ0v) is 19.2. The average Bonchev–Trinajstić information content (AvgIpc) is 3.37. The highest BCUT2D eigenvalue weighted by molar-refractivity contribution is 7.99. The molecule has 1 aliphatic heterocycles. The topological polar surface area (TPSA) is 62.4 Å². The fourth-order valence-electron chi connectivity index (χ4n) is 3.61. The number of nitrogens with zero attached hydrogens (tertiary/aromatic N) is 1. The molecule has 5 rings (SSSR count). The SMILES string of the molecule is N/C(=N\c1ccc(CCNCc2ccc3c(c2)Sc2ccccc2N3)cc1)c1cccs1. The van der Waals surface area contributed by atoms with E-state index in [-0.39, 0.29) is 0 Å². The minimum absolute atomic E-state index is 0.566. The van der Waals surface area contributed by atoms with Gasteiger partial charge in [-0.3, -0.25) is 0 Å².